The van der Waals surface area contributed by atoms with Gasteiger partial charge >= 0.3 is 6.03 Å². The Morgan fingerprint density at radius 2 is 1.71 bits per heavy atom. The first kappa shape index (κ1) is 23.9. The zero-order chi connectivity index (χ0) is 24.1. The molecule has 8 heteroatoms. The van der Waals surface area contributed by atoms with Crippen LogP contribution in [0.3, 0.4) is 0 Å². The van der Waals surface area contributed by atoms with Crippen molar-refractivity contribution in [1.82, 2.24) is 15.5 Å². The summed E-state index contributed by atoms with van der Waals surface area (Å²) in [5.41, 5.74) is 4.46. The van der Waals surface area contributed by atoms with E-state index < -0.39 is 0 Å². The van der Waals surface area contributed by atoms with E-state index in [1.165, 1.54) is 11.3 Å². The van der Waals surface area contributed by atoms with Crippen molar-refractivity contribution >= 4 is 23.3 Å². The quantitative estimate of drug-likeness (QED) is 0.657. The number of aryl methyl sites for hydroxylation is 2. The maximum Gasteiger partial charge on any atom is 0.315 e. The van der Waals surface area contributed by atoms with Crippen molar-refractivity contribution in [2.45, 2.75) is 26.3 Å². The summed E-state index contributed by atoms with van der Waals surface area (Å²) in [5.74, 6) is 0.912. The number of hydrogen-bond acceptors (Lipinski definition) is 5. The molecule has 8 nitrogen and oxygen atoms in total. The lowest BCUT2D eigenvalue weighted by atomic mass is 10.1. The molecule has 182 valence electrons. The molecule has 0 aliphatic carbocycles. The largest absolute Gasteiger partial charge is 0.497 e. The Balaban J connectivity index is 1.16. The van der Waals surface area contributed by atoms with Crippen LogP contribution in [0.25, 0.3) is 0 Å². The summed E-state index contributed by atoms with van der Waals surface area (Å²) in [7, 11) is 1.68. The van der Waals surface area contributed by atoms with Crippen LogP contribution in [0.5, 0.6) is 5.75 Å². The fraction of sp³-hybridized carbons (Fsp3) is 0.462. The number of urea groups is 1. The van der Waals surface area contributed by atoms with Gasteiger partial charge in [0.25, 0.3) is 0 Å². The van der Waals surface area contributed by atoms with Gasteiger partial charge in [0.2, 0.25) is 5.91 Å². The molecule has 0 aromatic heterocycles. The number of hydrogen-bond donors (Lipinski definition) is 2. The van der Waals surface area contributed by atoms with Crippen molar-refractivity contribution in [3.05, 3.63) is 53.6 Å². The predicted molar refractivity (Wildman–Crippen MR) is 135 cm³/mol. The van der Waals surface area contributed by atoms with Crippen molar-refractivity contribution < 1.29 is 14.3 Å². The zero-order valence-electron chi connectivity index (χ0n) is 20.3. The summed E-state index contributed by atoms with van der Waals surface area (Å²) in [6.07, 6.45) is 0.327. The molecule has 2 heterocycles. The number of benzene rings is 2. The minimum atomic E-state index is -0.211. The van der Waals surface area contributed by atoms with E-state index in [0.717, 1.165) is 49.7 Å². The Bertz CT molecular complexity index is 1000. The van der Waals surface area contributed by atoms with Gasteiger partial charge in [-0.2, -0.15) is 0 Å². The smallest absolute Gasteiger partial charge is 0.315 e. The fourth-order valence-corrected chi connectivity index (χ4v) is 4.53. The summed E-state index contributed by atoms with van der Waals surface area (Å²) in [4.78, 5) is 31.4. The van der Waals surface area contributed by atoms with E-state index in [0.29, 0.717) is 19.5 Å². The molecule has 2 fully saturated rings. The van der Waals surface area contributed by atoms with Gasteiger partial charge < -0.3 is 25.2 Å². The summed E-state index contributed by atoms with van der Waals surface area (Å²) in [6, 6.07) is 13.8. The van der Waals surface area contributed by atoms with Gasteiger partial charge in [-0.05, 0) is 61.4 Å². The Morgan fingerprint density at radius 3 is 2.38 bits per heavy atom. The SMILES string of the molecule is COc1ccc(N2CCN(CCNC(=O)NC3CC(=O)N(c4ccc(C)c(C)c4)C3)CC2)cc1. The average molecular weight is 466 g/mol. The summed E-state index contributed by atoms with van der Waals surface area (Å²) < 4.78 is 5.23. The highest BCUT2D eigenvalue weighted by atomic mass is 16.5. The highest BCUT2D eigenvalue weighted by molar-refractivity contribution is 5.96. The highest BCUT2D eigenvalue weighted by Gasteiger charge is 2.31. The summed E-state index contributed by atoms with van der Waals surface area (Å²) in [5, 5.41) is 5.91. The van der Waals surface area contributed by atoms with Gasteiger partial charge in [-0.1, -0.05) is 6.07 Å². The second-order valence-corrected chi connectivity index (χ2v) is 9.10. The van der Waals surface area contributed by atoms with Crippen LogP contribution in [0.2, 0.25) is 0 Å². The van der Waals surface area contributed by atoms with E-state index >= 15 is 0 Å². The average Bonchev–Trinajstić information content (AvgIpc) is 3.21. The first-order chi connectivity index (χ1) is 16.4. The summed E-state index contributed by atoms with van der Waals surface area (Å²) >= 11 is 0. The molecule has 0 spiro atoms. The van der Waals surface area contributed by atoms with E-state index in [4.69, 9.17) is 4.74 Å². The van der Waals surface area contributed by atoms with E-state index in [9.17, 15) is 9.59 Å². The molecule has 2 aromatic carbocycles. The van der Waals surface area contributed by atoms with Crippen LogP contribution in [0, 0.1) is 13.8 Å². The molecule has 1 atom stereocenters. The van der Waals surface area contributed by atoms with E-state index in [-0.39, 0.29) is 18.0 Å². The third-order valence-electron chi connectivity index (χ3n) is 6.79. The fourth-order valence-electron chi connectivity index (χ4n) is 4.53. The van der Waals surface area contributed by atoms with Crippen molar-refractivity contribution in [2.24, 2.45) is 0 Å². The molecule has 0 radical (unpaired) electrons. The number of carbonyl (C=O) groups is 2. The first-order valence-electron chi connectivity index (χ1n) is 12.0. The number of rotatable bonds is 7. The number of nitrogens with one attached hydrogen (secondary N) is 2. The molecule has 3 amide bonds. The number of amides is 3. The molecule has 1 unspecified atom stereocenters. The van der Waals surface area contributed by atoms with Gasteiger partial charge in [0.15, 0.2) is 0 Å². The minimum Gasteiger partial charge on any atom is -0.497 e. The van der Waals surface area contributed by atoms with Crippen LogP contribution >= 0.6 is 0 Å². The maximum atomic E-state index is 12.5. The van der Waals surface area contributed by atoms with Crippen LogP contribution in [0.1, 0.15) is 17.5 Å². The van der Waals surface area contributed by atoms with Crippen LogP contribution < -0.4 is 25.2 Å². The number of carbonyl (C=O) groups excluding carboxylic acids is 2. The van der Waals surface area contributed by atoms with Crippen molar-refractivity contribution in [3.8, 4) is 5.75 Å². The van der Waals surface area contributed by atoms with Gasteiger partial charge in [-0.3, -0.25) is 9.69 Å². The molecule has 2 aromatic rings. The molecule has 0 bridgehead atoms. The van der Waals surface area contributed by atoms with Crippen LogP contribution in [-0.2, 0) is 4.79 Å². The Hall–Kier alpha value is -3.26. The number of ether oxygens (including phenoxy) is 1. The number of piperazine rings is 1. The molecule has 2 aliphatic rings. The Labute approximate surface area is 201 Å². The molecular weight excluding hydrogens is 430 g/mol. The predicted octanol–water partition coefficient (Wildman–Crippen LogP) is 2.54. The molecule has 2 aliphatic heterocycles. The lowest BCUT2D eigenvalue weighted by Gasteiger charge is -2.36. The number of nitrogens with zero attached hydrogens (tertiary/aromatic N) is 3. The van der Waals surface area contributed by atoms with E-state index in [1.54, 1.807) is 12.0 Å². The van der Waals surface area contributed by atoms with Gasteiger partial charge in [0.05, 0.1) is 13.2 Å². The second kappa shape index (κ2) is 10.8. The Morgan fingerprint density at radius 1 is 1.00 bits per heavy atom. The van der Waals surface area contributed by atoms with Crippen molar-refractivity contribution in [3.63, 3.8) is 0 Å². The molecular formula is C26H35N5O3. The monoisotopic (exact) mass is 465 g/mol. The third kappa shape index (κ3) is 5.80. The lowest BCUT2D eigenvalue weighted by molar-refractivity contribution is -0.117. The summed E-state index contributed by atoms with van der Waals surface area (Å²) in [6.45, 7) is 9.81. The van der Waals surface area contributed by atoms with Crippen molar-refractivity contribution in [2.75, 3.05) is 62.7 Å². The zero-order valence-corrected chi connectivity index (χ0v) is 20.3. The second-order valence-electron chi connectivity index (χ2n) is 9.10. The van der Waals surface area contributed by atoms with Gasteiger partial charge in [0.1, 0.15) is 5.75 Å². The normalized spacial score (nSPS) is 18.8. The molecule has 2 N–H and O–H groups in total. The minimum absolute atomic E-state index is 0.0447. The van der Waals surface area contributed by atoms with Crippen LogP contribution in [0.4, 0.5) is 16.2 Å². The molecule has 34 heavy (non-hydrogen) atoms. The van der Waals surface area contributed by atoms with Crippen LogP contribution in [0.15, 0.2) is 42.5 Å². The number of methoxy groups -OCH3 is 1. The van der Waals surface area contributed by atoms with E-state index in [2.05, 4.69) is 39.5 Å². The molecule has 0 saturated carbocycles. The Kier molecular flexibility index (Phi) is 7.57. The topological polar surface area (TPSA) is 77.1 Å². The molecule has 4 rings (SSSR count). The van der Waals surface area contributed by atoms with Gasteiger partial charge in [-0.25, -0.2) is 4.79 Å². The van der Waals surface area contributed by atoms with E-state index in [1.807, 2.05) is 37.3 Å². The van der Waals surface area contributed by atoms with Gasteiger partial charge in [0, 0.05) is 63.6 Å². The molecule has 2 saturated heterocycles. The highest BCUT2D eigenvalue weighted by Crippen LogP contribution is 2.24. The third-order valence-corrected chi connectivity index (χ3v) is 6.79. The maximum absolute atomic E-state index is 12.5. The number of anilines is 2. The standard InChI is InChI=1S/C26H35N5O3/c1-19-4-5-23(16-20(19)2)31-18-21(17-25(31)32)28-26(33)27-10-11-29-12-14-30(15-13-29)22-6-8-24(34-3)9-7-22/h4-9,16,21H,10-15,17-18H2,1-3H3,(H2,27,28,33). The van der Waals surface area contributed by atoms with Crippen LogP contribution in [-0.4, -0.2) is 75.8 Å². The lowest BCUT2D eigenvalue weighted by Crippen LogP contribution is -2.50. The van der Waals surface area contributed by atoms with Crippen molar-refractivity contribution in [1.29, 1.82) is 0 Å². The first-order valence-corrected chi connectivity index (χ1v) is 12.0. The van der Waals surface area contributed by atoms with Gasteiger partial charge in [-0.15, -0.1) is 0 Å².